The zero-order valence-corrected chi connectivity index (χ0v) is 11.3. The summed E-state index contributed by atoms with van der Waals surface area (Å²) in [6.07, 6.45) is 7.46. The van der Waals surface area contributed by atoms with E-state index < -0.39 is 0 Å². The molecule has 1 fully saturated rings. The van der Waals surface area contributed by atoms with E-state index in [0.717, 1.165) is 5.01 Å². The van der Waals surface area contributed by atoms with Gasteiger partial charge in [0.2, 0.25) is 11.0 Å². The van der Waals surface area contributed by atoms with E-state index in [4.69, 9.17) is 5.73 Å². The van der Waals surface area contributed by atoms with E-state index >= 15 is 0 Å². The fraction of sp³-hybridized carbons (Fsp3) is 0.750. The second-order valence-electron chi connectivity index (χ2n) is 4.72. The van der Waals surface area contributed by atoms with Gasteiger partial charge in [0, 0.05) is 12.3 Å². The summed E-state index contributed by atoms with van der Waals surface area (Å²) in [6, 6.07) is 0. The third kappa shape index (κ3) is 3.74. The maximum Gasteiger partial charge on any atom is 0.226 e. The van der Waals surface area contributed by atoms with E-state index in [-0.39, 0.29) is 5.91 Å². The second-order valence-corrected chi connectivity index (χ2v) is 5.73. The van der Waals surface area contributed by atoms with Crippen molar-refractivity contribution < 1.29 is 4.79 Å². The second kappa shape index (κ2) is 6.80. The first kappa shape index (κ1) is 13.4. The van der Waals surface area contributed by atoms with Gasteiger partial charge in [-0.3, -0.25) is 4.79 Å². The number of anilines is 1. The van der Waals surface area contributed by atoms with Gasteiger partial charge in [0.05, 0.1) is 0 Å². The third-order valence-corrected chi connectivity index (χ3v) is 4.25. The fourth-order valence-corrected chi connectivity index (χ4v) is 3.17. The molecule has 1 aliphatic carbocycles. The van der Waals surface area contributed by atoms with Crippen LogP contribution in [0.1, 0.15) is 55.9 Å². The SMILES string of the molecule is NCCCC(=O)Nc1nnc(C2CCCCC2)s1. The lowest BCUT2D eigenvalue weighted by molar-refractivity contribution is -0.116. The Morgan fingerprint density at radius 2 is 2.11 bits per heavy atom. The average molecular weight is 268 g/mol. The molecule has 6 heteroatoms. The van der Waals surface area contributed by atoms with Crippen LogP contribution >= 0.6 is 11.3 Å². The molecule has 1 saturated carbocycles. The summed E-state index contributed by atoms with van der Waals surface area (Å²) in [5.74, 6) is 0.526. The number of nitrogens with two attached hydrogens (primary N) is 1. The van der Waals surface area contributed by atoms with E-state index in [2.05, 4.69) is 15.5 Å². The number of aromatic nitrogens is 2. The van der Waals surface area contributed by atoms with Crippen LogP contribution in [0.15, 0.2) is 0 Å². The van der Waals surface area contributed by atoms with Crippen molar-refractivity contribution in [2.75, 3.05) is 11.9 Å². The minimum atomic E-state index is -0.0215. The molecule has 0 unspecified atom stereocenters. The summed E-state index contributed by atoms with van der Waals surface area (Å²) >= 11 is 1.52. The molecule has 1 aromatic heterocycles. The summed E-state index contributed by atoms with van der Waals surface area (Å²) in [5, 5.41) is 12.7. The highest BCUT2D eigenvalue weighted by atomic mass is 32.1. The number of hydrogen-bond acceptors (Lipinski definition) is 5. The Morgan fingerprint density at radius 3 is 2.83 bits per heavy atom. The van der Waals surface area contributed by atoms with E-state index in [1.807, 2.05) is 0 Å². The first-order valence-corrected chi connectivity index (χ1v) is 7.44. The van der Waals surface area contributed by atoms with Crippen LogP contribution in [-0.2, 0) is 4.79 Å². The van der Waals surface area contributed by atoms with Gasteiger partial charge in [-0.1, -0.05) is 30.6 Å². The predicted molar refractivity (Wildman–Crippen MR) is 72.7 cm³/mol. The Balaban J connectivity index is 1.87. The van der Waals surface area contributed by atoms with Crippen LogP contribution in [-0.4, -0.2) is 22.6 Å². The molecule has 3 N–H and O–H groups in total. The highest BCUT2D eigenvalue weighted by Crippen LogP contribution is 2.35. The summed E-state index contributed by atoms with van der Waals surface area (Å²) in [6.45, 7) is 0.539. The normalized spacial score (nSPS) is 16.7. The molecule has 1 aliphatic rings. The van der Waals surface area contributed by atoms with Gasteiger partial charge in [-0.05, 0) is 25.8 Å². The minimum Gasteiger partial charge on any atom is -0.330 e. The van der Waals surface area contributed by atoms with Gasteiger partial charge in [-0.2, -0.15) is 0 Å². The van der Waals surface area contributed by atoms with Crippen molar-refractivity contribution in [3.8, 4) is 0 Å². The maximum atomic E-state index is 11.5. The van der Waals surface area contributed by atoms with Crippen molar-refractivity contribution in [2.45, 2.75) is 50.9 Å². The highest BCUT2D eigenvalue weighted by Gasteiger charge is 2.20. The number of amides is 1. The molecule has 0 radical (unpaired) electrons. The van der Waals surface area contributed by atoms with Gasteiger partial charge in [-0.25, -0.2) is 0 Å². The van der Waals surface area contributed by atoms with Gasteiger partial charge in [0.1, 0.15) is 5.01 Å². The minimum absolute atomic E-state index is 0.0215. The molecule has 0 saturated heterocycles. The maximum absolute atomic E-state index is 11.5. The monoisotopic (exact) mass is 268 g/mol. The van der Waals surface area contributed by atoms with Gasteiger partial charge < -0.3 is 11.1 Å². The van der Waals surface area contributed by atoms with E-state index in [1.54, 1.807) is 0 Å². The molecule has 0 aromatic carbocycles. The molecule has 100 valence electrons. The first-order valence-electron chi connectivity index (χ1n) is 6.63. The van der Waals surface area contributed by atoms with Crippen LogP contribution in [0.4, 0.5) is 5.13 Å². The number of carbonyl (C=O) groups excluding carboxylic acids is 1. The molecule has 1 heterocycles. The van der Waals surface area contributed by atoms with Crippen molar-refractivity contribution >= 4 is 22.4 Å². The summed E-state index contributed by atoms with van der Waals surface area (Å²) in [7, 11) is 0. The molecule has 0 bridgehead atoms. The standard InChI is InChI=1S/C12H20N4OS/c13-8-4-7-10(17)14-12-16-15-11(18-12)9-5-2-1-3-6-9/h9H,1-8,13H2,(H,14,16,17). The van der Waals surface area contributed by atoms with Gasteiger partial charge in [0.15, 0.2) is 0 Å². The number of carbonyl (C=O) groups is 1. The quantitative estimate of drug-likeness (QED) is 0.858. The van der Waals surface area contributed by atoms with E-state index in [0.29, 0.717) is 30.4 Å². The molecule has 0 aliphatic heterocycles. The topological polar surface area (TPSA) is 80.9 Å². The smallest absolute Gasteiger partial charge is 0.226 e. The molecule has 1 aromatic rings. The van der Waals surface area contributed by atoms with Crippen LogP contribution in [0.5, 0.6) is 0 Å². The molecule has 2 rings (SSSR count). The lowest BCUT2D eigenvalue weighted by Gasteiger charge is -2.18. The average Bonchev–Trinajstić information content (AvgIpc) is 2.86. The summed E-state index contributed by atoms with van der Waals surface area (Å²) in [5.41, 5.74) is 5.37. The van der Waals surface area contributed by atoms with Gasteiger partial charge in [-0.15, -0.1) is 10.2 Å². The Labute approximate surface area is 111 Å². The molecule has 0 atom stereocenters. The Morgan fingerprint density at radius 1 is 1.33 bits per heavy atom. The van der Waals surface area contributed by atoms with Crippen molar-refractivity contribution in [3.63, 3.8) is 0 Å². The van der Waals surface area contributed by atoms with Crippen molar-refractivity contribution in [2.24, 2.45) is 5.73 Å². The predicted octanol–water partition coefficient (Wildman–Crippen LogP) is 2.26. The Hall–Kier alpha value is -1.01. The van der Waals surface area contributed by atoms with Crippen LogP contribution in [0, 0.1) is 0 Å². The Bertz CT molecular complexity index is 387. The van der Waals surface area contributed by atoms with Crippen molar-refractivity contribution in [3.05, 3.63) is 5.01 Å². The molecular weight excluding hydrogens is 248 g/mol. The highest BCUT2D eigenvalue weighted by molar-refractivity contribution is 7.15. The van der Waals surface area contributed by atoms with Crippen LogP contribution < -0.4 is 11.1 Å². The molecule has 0 spiro atoms. The summed E-state index contributed by atoms with van der Waals surface area (Å²) < 4.78 is 0. The third-order valence-electron chi connectivity index (χ3n) is 3.25. The largest absolute Gasteiger partial charge is 0.330 e. The number of nitrogens with zero attached hydrogens (tertiary/aromatic N) is 2. The fourth-order valence-electron chi connectivity index (χ4n) is 2.24. The van der Waals surface area contributed by atoms with E-state index in [9.17, 15) is 4.79 Å². The van der Waals surface area contributed by atoms with Gasteiger partial charge >= 0.3 is 0 Å². The zero-order chi connectivity index (χ0) is 12.8. The molecule has 5 nitrogen and oxygen atoms in total. The van der Waals surface area contributed by atoms with Crippen molar-refractivity contribution in [1.29, 1.82) is 0 Å². The number of nitrogens with one attached hydrogen (secondary N) is 1. The van der Waals surface area contributed by atoms with Gasteiger partial charge in [0.25, 0.3) is 0 Å². The molecule has 1 amide bonds. The van der Waals surface area contributed by atoms with E-state index in [1.165, 1.54) is 43.4 Å². The lowest BCUT2D eigenvalue weighted by atomic mass is 9.90. The van der Waals surface area contributed by atoms with Crippen molar-refractivity contribution in [1.82, 2.24) is 10.2 Å². The van der Waals surface area contributed by atoms with Crippen LogP contribution in [0.2, 0.25) is 0 Å². The zero-order valence-electron chi connectivity index (χ0n) is 10.5. The number of rotatable bonds is 5. The molecular formula is C12H20N4OS. The lowest BCUT2D eigenvalue weighted by Crippen LogP contribution is -2.13. The summed E-state index contributed by atoms with van der Waals surface area (Å²) in [4.78, 5) is 11.5. The Kier molecular flexibility index (Phi) is 5.07. The molecule has 18 heavy (non-hydrogen) atoms. The first-order chi connectivity index (χ1) is 8.79. The van der Waals surface area contributed by atoms with Crippen LogP contribution in [0.25, 0.3) is 0 Å². The number of hydrogen-bond donors (Lipinski definition) is 2. The van der Waals surface area contributed by atoms with Crippen LogP contribution in [0.3, 0.4) is 0 Å².